The van der Waals surface area contributed by atoms with Crippen LogP contribution >= 0.6 is 0 Å². The minimum atomic E-state index is 0. The Morgan fingerprint density at radius 1 is 0.479 bits per heavy atom. The summed E-state index contributed by atoms with van der Waals surface area (Å²) in [5.74, 6) is 1.19. The molecule has 0 spiro atoms. The van der Waals surface area contributed by atoms with Crippen molar-refractivity contribution in [2.75, 3.05) is 0 Å². The Hall–Kier alpha value is -5.77. The molecule has 0 fully saturated rings. The van der Waals surface area contributed by atoms with Crippen LogP contribution in [0.1, 0.15) is 0 Å². The second kappa shape index (κ2) is 11.2. The van der Waals surface area contributed by atoms with Crippen LogP contribution in [0.3, 0.4) is 0 Å². The molecule has 0 radical (unpaired) electrons. The van der Waals surface area contributed by atoms with Crippen molar-refractivity contribution in [3.63, 3.8) is 0 Å². The summed E-state index contributed by atoms with van der Waals surface area (Å²) < 4.78 is 10.8. The molecule has 4 aromatic heterocycles. The van der Waals surface area contributed by atoms with E-state index in [0.717, 1.165) is 54.6 Å². The minimum absolute atomic E-state index is 0. The number of imidazole rings is 2. The van der Waals surface area contributed by atoms with Gasteiger partial charge in [0.1, 0.15) is 0 Å². The first-order chi connectivity index (χ1) is 23.3. The Labute approximate surface area is 290 Å². The van der Waals surface area contributed by atoms with Crippen molar-refractivity contribution in [2.45, 2.75) is 0 Å². The van der Waals surface area contributed by atoms with E-state index in [2.05, 4.69) is 118 Å². The average molecular weight is 796 g/mol. The summed E-state index contributed by atoms with van der Waals surface area (Å²) in [5, 5.41) is 6.26. The van der Waals surface area contributed by atoms with Crippen molar-refractivity contribution in [1.29, 1.82) is 0 Å². The first-order valence-corrected chi connectivity index (χ1v) is 15.6. The van der Waals surface area contributed by atoms with E-state index >= 15 is 0 Å². The number of fused-ring (bicyclic) bond motifs is 12. The molecule has 0 unspecified atom stereocenters. The molecule has 0 N–H and O–H groups in total. The number of hydrogen-bond acceptors (Lipinski definition) is 3. The van der Waals surface area contributed by atoms with Crippen molar-refractivity contribution in [3.8, 4) is 33.8 Å². The van der Waals surface area contributed by atoms with Crippen molar-refractivity contribution in [1.82, 2.24) is 18.8 Å². The van der Waals surface area contributed by atoms with E-state index in [-0.39, 0.29) is 21.1 Å². The second-order valence-electron chi connectivity index (χ2n) is 11.7. The van der Waals surface area contributed by atoms with Gasteiger partial charge in [-0.1, -0.05) is 131 Å². The van der Waals surface area contributed by atoms with Crippen LogP contribution < -0.4 is 4.74 Å². The molecule has 4 heterocycles. The fraction of sp³-hybridized carbons (Fsp3) is 0. The smallest absolute Gasteiger partial charge is 0.497 e. The Morgan fingerprint density at radius 3 is 1.40 bits per heavy atom. The molecular formula is C42H24N4OPt. The number of hydrogen-bond donors (Lipinski definition) is 0. The number of rotatable bonds is 4. The van der Waals surface area contributed by atoms with Gasteiger partial charge in [-0.05, 0) is 45.2 Å². The summed E-state index contributed by atoms with van der Waals surface area (Å²) in [6, 6.07) is 49.2. The van der Waals surface area contributed by atoms with Gasteiger partial charge in [0.25, 0.3) is 0 Å². The largest absolute Gasteiger partial charge is 2.00 e. The maximum Gasteiger partial charge on any atom is 2.00 e. The molecule has 0 saturated carbocycles. The summed E-state index contributed by atoms with van der Waals surface area (Å²) in [5.41, 5.74) is 8.54. The second-order valence-corrected chi connectivity index (χ2v) is 11.7. The molecule has 0 aliphatic carbocycles. The van der Waals surface area contributed by atoms with Gasteiger partial charge in [0, 0.05) is 47.3 Å². The SMILES string of the molecule is [Pt+2].[c-]1c(Oc2[c-]c3c(cc2)c2c(-c4ccccc4)cccc2n2ccnc32)ccc2c1c1nccn1c1cccc(-c3ccccc3)c21. The molecule has 0 atom stereocenters. The zero-order chi connectivity index (χ0) is 30.9. The molecule has 10 aromatic rings. The molecular weight excluding hydrogens is 772 g/mol. The maximum absolute atomic E-state index is 6.51. The third-order valence-corrected chi connectivity index (χ3v) is 9.10. The van der Waals surface area contributed by atoms with Gasteiger partial charge in [-0.2, -0.15) is 0 Å². The third-order valence-electron chi connectivity index (χ3n) is 9.10. The van der Waals surface area contributed by atoms with Crippen molar-refractivity contribution in [3.05, 3.63) is 158 Å². The third kappa shape index (κ3) is 4.28. The average Bonchev–Trinajstić information content (AvgIpc) is 3.84. The van der Waals surface area contributed by atoms with E-state index in [4.69, 9.17) is 14.7 Å². The predicted molar refractivity (Wildman–Crippen MR) is 189 cm³/mol. The van der Waals surface area contributed by atoms with Gasteiger partial charge in [0.15, 0.2) is 0 Å². The van der Waals surface area contributed by atoms with Crippen LogP contribution in [0, 0.1) is 12.1 Å². The van der Waals surface area contributed by atoms with Gasteiger partial charge < -0.3 is 13.5 Å². The molecule has 6 aromatic carbocycles. The summed E-state index contributed by atoms with van der Waals surface area (Å²) in [7, 11) is 0. The van der Waals surface area contributed by atoms with Crippen LogP contribution in [0.15, 0.2) is 146 Å². The summed E-state index contributed by atoms with van der Waals surface area (Å²) in [6.45, 7) is 0. The van der Waals surface area contributed by atoms with Crippen LogP contribution in [0.4, 0.5) is 0 Å². The number of pyridine rings is 2. The molecule has 228 valence electrons. The molecule has 0 saturated heterocycles. The van der Waals surface area contributed by atoms with Crippen LogP contribution in [-0.4, -0.2) is 18.8 Å². The van der Waals surface area contributed by atoms with E-state index in [1.54, 1.807) is 0 Å². The summed E-state index contributed by atoms with van der Waals surface area (Å²) >= 11 is 0. The predicted octanol–water partition coefficient (Wildman–Crippen LogP) is 10.3. The Bertz CT molecular complexity index is 2630. The zero-order valence-electron chi connectivity index (χ0n) is 25.4. The Balaban J connectivity index is 0.00000314. The van der Waals surface area contributed by atoms with Gasteiger partial charge in [-0.3, -0.25) is 9.97 Å². The fourth-order valence-corrected chi connectivity index (χ4v) is 7.09. The number of aromatic nitrogens is 4. The van der Waals surface area contributed by atoms with Crippen LogP contribution in [0.25, 0.3) is 76.9 Å². The van der Waals surface area contributed by atoms with E-state index in [1.807, 2.05) is 49.1 Å². The number of nitrogens with zero attached hydrogens (tertiary/aromatic N) is 4. The van der Waals surface area contributed by atoms with Gasteiger partial charge in [-0.15, -0.1) is 12.1 Å². The van der Waals surface area contributed by atoms with Crippen molar-refractivity contribution < 1.29 is 25.8 Å². The molecule has 48 heavy (non-hydrogen) atoms. The Kier molecular flexibility index (Phi) is 6.63. The van der Waals surface area contributed by atoms with Crippen molar-refractivity contribution in [2.24, 2.45) is 0 Å². The maximum atomic E-state index is 6.51. The monoisotopic (exact) mass is 795 g/mol. The van der Waals surface area contributed by atoms with Crippen LogP contribution in [0.5, 0.6) is 11.5 Å². The van der Waals surface area contributed by atoms with Gasteiger partial charge in [0.2, 0.25) is 0 Å². The van der Waals surface area contributed by atoms with E-state index in [0.29, 0.717) is 11.5 Å². The minimum Gasteiger partial charge on any atom is -0.497 e. The standard InChI is InChI=1S/C42H24N4O.Pt/c1-3-9-27(10-4-1)31-13-7-15-37-39(31)33-19-17-29(25-35(33)41-43-21-23-45(37)41)47-30-18-20-34-36(26-30)42-44-22-24-46(42)38-16-8-14-32(40(34)38)28-11-5-2-6-12-28;/h1-24H;/q-2;+2. The summed E-state index contributed by atoms with van der Waals surface area (Å²) in [6.07, 6.45) is 7.69. The van der Waals surface area contributed by atoms with E-state index < -0.39 is 0 Å². The Morgan fingerprint density at radius 2 is 0.938 bits per heavy atom. The summed E-state index contributed by atoms with van der Waals surface area (Å²) in [4.78, 5) is 9.47. The van der Waals surface area contributed by atoms with E-state index in [9.17, 15) is 0 Å². The van der Waals surface area contributed by atoms with Gasteiger partial charge in [0.05, 0.1) is 11.3 Å². The van der Waals surface area contributed by atoms with Crippen LogP contribution in [-0.2, 0) is 21.1 Å². The first kappa shape index (κ1) is 28.5. The number of ether oxygens (including phenoxy) is 1. The fourth-order valence-electron chi connectivity index (χ4n) is 7.09. The molecule has 0 bridgehead atoms. The van der Waals surface area contributed by atoms with Crippen LogP contribution in [0.2, 0.25) is 0 Å². The van der Waals surface area contributed by atoms with E-state index in [1.165, 1.54) is 22.3 Å². The van der Waals surface area contributed by atoms with Gasteiger partial charge >= 0.3 is 21.1 Å². The molecule has 10 rings (SSSR count). The number of benzene rings is 6. The molecule has 0 aliphatic rings. The van der Waals surface area contributed by atoms with Crippen molar-refractivity contribution >= 4 is 54.6 Å². The topological polar surface area (TPSA) is 43.8 Å². The normalized spacial score (nSPS) is 11.6. The molecule has 5 nitrogen and oxygen atoms in total. The molecule has 6 heteroatoms. The quantitative estimate of drug-likeness (QED) is 0.132. The zero-order valence-corrected chi connectivity index (χ0v) is 27.6. The van der Waals surface area contributed by atoms with Gasteiger partial charge in [-0.25, -0.2) is 0 Å². The molecule has 0 amide bonds. The first-order valence-electron chi connectivity index (χ1n) is 15.6. The molecule has 0 aliphatic heterocycles.